The molecular formula is C12H14BrF3N2O2. The lowest BCUT2D eigenvalue weighted by Crippen LogP contribution is -2.35. The molecule has 4 nitrogen and oxygen atoms in total. The summed E-state index contributed by atoms with van der Waals surface area (Å²) in [5, 5.41) is 2.34. The lowest BCUT2D eigenvalue weighted by molar-refractivity contribution is -0.274. The number of carbonyl (C=O) groups is 1. The third-order valence-electron chi connectivity index (χ3n) is 2.36. The summed E-state index contributed by atoms with van der Waals surface area (Å²) in [6, 6.07) is 3.14. The maximum atomic E-state index is 12.3. The normalized spacial score (nSPS) is 12.9. The van der Waals surface area contributed by atoms with E-state index in [1.165, 1.54) is 12.1 Å². The van der Waals surface area contributed by atoms with Crippen LogP contribution in [0.25, 0.3) is 0 Å². The fraction of sp³-hybridized carbons (Fsp3) is 0.417. The third-order valence-corrected chi connectivity index (χ3v) is 2.86. The molecule has 0 saturated carbocycles. The molecule has 1 aromatic carbocycles. The molecule has 0 aliphatic heterocycles. The van der Waals surface area contributed by atoms with Crippen LogP contribution in [-0.4, -0.2) is 18.3 Å². The summed E-state index contributed by atoms with van der Waals surface area (Å²) in [4.78, 5) is 11.7. The number of alkyl halides is 3. The van der Waals surface area contributed by atoms with E-state index >= 15 is 0 Å². The van der Waals surface area contributed by atoms with Crippen molar-refractivity contribution in [2.24, 2.45) is 5.73 Å². The maximum absolute atomic E-state index is 12.3. The number of anilines is 1. The van der Waals surface area contributed by atoms with E-state index in [0.29, 0.717) is 17.3 Å². The van der Waals surface area contributed by atoms with E-state index in [1.807, 2.05) is 6.92 Å². The molecule has 1 rings (SSSR count). The van der Waals surface area contributed by atoms with Gasteiger partial charge in [0.1, 0.15) is 0 Å². The minimum Gasteiger partial charge on any atom is -0.404 e. The van der Waals surface area contributed by atoms with Crippen molar-refractivity contribution in [2.45, 2.75) is 32.2 Å². The first-order chi connectivity index (χ1) is 9.23. The number of carbonyl (C=O) groups excluding carboxylic acids is 1. The number of nitrogens with two attached hydrogens (primary N) is 1. The average molecular weight is 355 g/mol. The fourth-order valence-electron chi connectivity index (χ4n) is 1.48. The van der Waals surface area contributed by atoms with Gasteiger partial charge in [-0.1, -0.05) is 29.3 Å². The summed E-state index contributed by atoms with van der Waals surface area (Å²) in [6.07, 6.45) is -3.70. The number of ether oxygens (including phenoxy) is 1. The van der Waals surface area contributed by atoms with Crippen molar-refractivity contribution < 1.29 is 22.7 Å². The van der Waals surface area contributed by atoms with Crippen LogP contribution in [0.15, 0.2) is 22.7 Å². The van der Waals surface area contributed by atoms with Crippen molar-refractivity contribution in [1.82, 2.24) is 0 Å². The van der Waals surface area contributed by atoms with E-state index in [-0.39, 0.29) is 5.69 Å². The Labute approximate surface area is 122 Å². The van der Waals surface area contributed by atoms with Crippen molar-refractivity contribution >= 4 is 27.5 Å². The molecule has 1 amide bonds. The summed E-state index contributed by atoms with van der Waals surface area (Å²) >= 11 is 3.04. The van der Waals surface area contributed by atoms with Crippen molar-refractivity contribution in [1.29, 1.82) is 0 Å². The van der Waals surface area contributed by atoms with Gasteiger partial charge in [0, 0.05) is 4.47 Å². The van der Waals surface area contributed by atoms with Gasteiger partial charge in [-0.15, -0.1) is 13.2 Å². The second-order valence-corrected chi connectivity index (χ2v) is 4.99. The van der Waals surface area contributed by atoms with Crippen LogP contribution < -0.4 is 15.8 Å². The third kappa shape index (κ3) is 5.38. The zero-order valence-electron chi connectivity index (χ0n) is 10.6. The first kappa shape index (κ1) is 16.8. The molecule has 112 valence electrons. The zero-order valence-corrected chi connectivity index (χ0v) is 12.2. The Morgan fingerprint density at radius 2 is 2.15 bits per heavy atom. The van der Waals surface area contributed by atoms with Gasteiger partial charge in [0.2, 0.25) is 5.91 Å². The number of rotatable bonds is 5. The van der Waals surface area contributed by atoms with Crippen LogP contribution in [0.5, 0.6) is 5.75 Å². The van der Waals surface area contributed by atoms with Gasteiger partial charge >= 0.3 is 6.36 Å². The van der Waals surface area contributed by atoms with Gasteiger partial charge in [0.05, 0.1) is 11.7 Å². The van der Waals surface area contributed by atoms with Crippen molar-refractivity contribution in [3.05, 3.63) is 22.7 Å². The predicted molar refractivity (Wildman–Crippen MR) is 72.3 cm³/mol. The molecule has 1 atom stereocenters. The van der Waals surface area contributed by atoms with Gasteiger partial charge in [-0.25, -0.2) is 0 Å². The largest absolute Gasteiger partial charge is 0.573 e. The van der Waals surface area contributed by atoms with Crippen LogP contribution in [0.2, 0.25) is 0 Å². The molecule has 0 unspecified atom stereocenters. The molecule has 0 heterocycles. The molecule has 0 saturated heterocycles. The first-order valence-corrected chi connectivity index (χ1v) is 6.64. The summed E-state index contributed by atoms with van der Waals surface area (Å²) in [5.41, 5.74) is 5.52. The molecule has 0 aliphatic carbocycles. The number of benzene rings is 1. The maximum Gasteiger partial charge on any atom is 0.573 e. The van der Waals surface area contributed by atoms with Crippen LogP contribution >= 0.6 is 15.9 Å². The van der Waals surface area contributed by atoms with E-state index in [4.69, 9.17) is 5.73 Å². The highest BCUT2D eigenvalue weighted by molar-refractivity contribution is 9.10. The molecule has 1 aromatic rings. The van der Waals surface area contributed by atoms with Gasteiger partial charge in [-0.3, -0.25) is 4.79 Å². The summed E-state index contributed by atoms with van der Waals surface area (Å²) in [5.74, 6) is -1.05. The Hall–Kier alpha value is -1.28. The highest BCUT2D eigenvalue weighted by Crippen LogP contribution is 2.33. The van der Waals surface area contributed by atoms with Crippen LogP contribution in [0, 0.1) is 0 Å². The monoisotopic (exact) mass is 354 g/mol. The highest BCUT2D eigenvalue weighted by Gasteiger charge is 2.32. The topological polar surface area (TPSA) is 64.4 Å². The molecule has 0 aromatic heterocycles. The number of amides is 1. The standard InChI is InChI=1S/C12H14BrF3N2O2/c1-2-3-8(17)11(19)18-9-5-4-7(13)6-10(9)20-12(14,15)16/h4-6,8H,2-3,17H2,1H3,(H,18,19)/t8-/m0/s1. The van der Waals surface area contributed by atoms with Gasteiger partial charge in [-0.05, 0) is 24.6 Å². The van der Waals surface area contributed by atoms with E-state index in [2.05, 4.69) is 26.0 Å². The van der Waals surface area contributed by atoms with Crippen molar-refractivity contribution in [2.75, 3.05) is 5.32 Å². The lowest BCUT2D eigenvalue weighted by atomic mass is 10.1. The minimum atomic E-state index is -4.84. The second kappa shape index (κ2) is 6.94. The highest BCUT2D eigenvalue weighted by atomic mass is 79.9. The Bertz CT molecular complexity index is 480. The van der Waals surface area contributed by atoms with E-state index < -0.39 is 24.1 Å². The number of hydrogen-bond acceptors (Lipinski definition) is 3. The Kier molecular flexibility index (Phi) is 5.82. The Balaban J connectivity index is 2.91. The lowest BCUT2D eigenvalue weighted by Gasteiger charge is -2.16. The van der Waals surface area contributed by atoms with Gasteiger partial charge < -0.3 is 15.8 Å². The van der Waals surface area contributed by atoms with E-state index in [1.54, 1.807) is 0 Å². The van der Waals surface area contributed by atoms with E-state index in [9.17, 15) is 18.0 Å². The zero-order chi connectivity index (χ0) is 15.3. The Morgan fingerprint density at radius 1 is 1.50 bits per heavy atom. The quantitative estimate of drug-likeness (QED) is 0.851. The van der Waals surface area contributed by atoms with E-state index in [0.717, 1.165) is 6.07 Å². The van der Waals surface area contributed by atoms with Crippen molar-refractivity contribution in [3.63, 3.8) is 0 Å². The van der Waals surface area contributed by atoms with Gasteiger partial charge in [0.25, 0.3) is 0 Å². The Morgan fingerprint density at radius 3 is 2.70 bits per heavy atom. The molecule has 20 heavy (non-hydrogen) atoms. The molecule has 0 bridgehead atoms. The average Bonchev–Trinajstić information content (AvgIpc) is 2.30. The fourth-order valence-corrected chi connectivity index (χ4v) is 1.82. The second-order valence-electron chi connectivity index (χ2n) is 4.07. The molecule has 0 fully saturated rings. The predicted octanol–water partition coefficient (Wildman–Crippen LogP) is 3.41. The molecule has 0 radical (unpaired) electrons. The van der Waals surface area contributed by atoms with Crippen LogP contribution in [0.1, 0.15) is 19.8 Å². The summed E-state index contributed by atoms with van der Waals surface area (Å²) < 4.78 is 41.1. The van der Waals surface area contributed by atoms with Crippen LogP contribution in [0.3, 0.4) is 0 Å². The molecule has 0 spiro atoms. The summed E-state index contributed by atoms with van der Waals surface area (Å²) in [6.45, 7) is 1.85. The van der Waals surface area contributed by atoms with Crippen LogP contribution in [-0.2, 0) is 4.79 Å². The molecule has 8 heteroatoms. The molecule has 3 N–H and O–H groups in total. The number of halogens is 4. The smallest absolute Gasteiger partial charge is 0.404 e. The number of nitrogens with one attached hydrogen (secondary N) is 1. The number of hydrogen-bond donors (Lipinski definition) is 2. The van der Waals surface area contributed by atoms with Crippen molar-refractivity contribution in [3.8, 4) is 5.75 Å². The molecular weight excluding hydrogens is 341 g/mol. The van der Waals surface area contributed by atoms with Gasteiger partial charge in [-0.2, -0.15) is 0 Å². The minimum absolute atomic E-state index is 0.0814. The first-order valence-electron chi connectivity index (χ1n) is 5.84. The summed E-state index contributed by atoms with van der Waals surface area (Å²) in [7, 11) is 0. The van der Waals surface area contributed by atoms with Crippen LogP contribution in [0.4, 0.5) is 18.9 Å². The molecule has 0 aliphatic rings. The van der Waals surface area contributed by atoms with Gasteiger partial charge in [0.15, 0.2) is 5.75 Å². The SMILES string of the molecule is CCC[C@H](N)C(=O)Nc1ccc(Br)cc1OC(F)(F)F.